The Morgan fingerprint density at radius 1 is 1.03 bits per heavy atom. The molecule has 8 heteroatoms. The van der Waals surface area contributed by atoms with Gasteiger partial charge in [0, 0.05) is 35.8 Å². The first kappa shape index (κ1) is 22.3. The Balaban J connectivity index is 1.77. The minimum absolute atomic E-state index is 0.175. The number of amides is 2. The highest BCUT2D eigenvalue weighted by molar-refractivity contribution is 8.00. The molecule has 0 saturated carbocycles. The molecule has 0 fully saturated rings. The predicted octanol–water partition coefficient (Wildman–Crippen LogP) is 1.75. The minimum Gasteiger partial charge on any atom is -0.368 e. The maximum Gasteiger partial charge on any atom is 0.251 e. The van der Waals surface area contributed by atoms with Gasteiger partial charge in [0.2, 0.25) is 5.91 Å². The molecule has 0 bridgehead atoms. The summed E-state index contributed by atoms with van der Waals surface area (Å²) in [6, 6.07) is 17.4. The van der Waals surface area contributed by atoms with E-state index in [1.165, 1.54) is 4.90 Å². The number of primary amides is 1. The SMILES string of the molecule is CN=C(NCc1ccc(C(=O)NCC(N)=O)cc1)NCC(C)Sc1ccccc1. The van der Waals surface area contributed by atoms with Crippen LogP contribution < -0.4 is 21.7 Å². The molecule has 0 aromatic heterocycles. The number of thioether (sulfide) groups is 1. The standard InChI is InChI=1S/C21H27N5O2S/c1-15(29-18-6-4-3-5-7-18)12-25-21(23-2)26-13-16-8-10-17(11-9-16)20(28)24-14-19(22)27/h3-11,15H,12-14H2,1-2H3,(H2,22,27)(H,24,28)(H2,23,25,26). The number of rotatable bonds is 9. The van der Waals surface area contributed by atoms with Crippen molar-refractivity contribution in [2.75, 3.05) is 20.1 Å². The lowest BCUT2D eigenvalue weighted by molar-refractivity contribution is -0.117. The van der Waals surface area contributed by atoms with Gasteiger partial charge >= 0.3 is 0 Å². The van der Waals surface area contributed by atoms with Gasteiger partial charge in [0.1, 0.15) is 0 Å². The summed E-state index contributed by atoms with van der Waals surface area (Å²) in [5.74, 6) is -0.186. The average molecular weight is 414 g/mol. The number of hydrogen-bond donors (Lipinski definition) is 4. The molecule has 2 amide bonds. The van der Waals surface area contributed by atoms with E-state index in [-0.39, 0.29) is 12.5 Å². The zero-order chi connectivity index (χ0) is 21.1. The fraction of sp³-hybridized carbons (Fsp3) is 0.286. The van der Waals surface area contributed by atoms with Crippen LogP contribution >= 0.6 is 11.8 Å². The molecule has 154 valence electrons. The lowest BCUT2D eigenvalue weighted by Gasteiger charge is -2.16. The molecular formula is C21H27N5O2S. The van der Waals surface area contributed by atoms with Crippen LogP contribution in [0.25, 0.3) is 0 Å². The molecular weight excluding hydrogens is 386 g/mol. The van der Waals surface area contributed by atoms with Crippen molar-refractivity contribution >= 4 is 29.5 Å². The average Bonchev–Trinajstić information content (AvgIpc) is 2.73. The van der Waals surface area contributed by atoms with Crippen molar-refractivity contribution in [3.63, 3.8) is 0 Å². The van der Waals surface area contributed by atoms with Gasteiger partial charge in [-0.05, 0) is 29.8 Å². The lowest BCUT2D eigenvalue weighted by atomic mass is 10.1. The number of hydrogen-bond acceptors (Lipinski definition) is 4. The van der Waals surface area contributed by atoms with Gasteiger partial charge in [-0.15, -0.1) is 11.8 Å². The van der Waals surface area contributed by atoms with Crippen molar-refractivity contribution < 1.29 is 9.59 Å². The number of nitrogens with two attached hydrogens (primary N) is 1. The van der Waals surface area contributed by atoms with E-state index in [1.54, 1.807) is 19.2 Å². The van der Waals surface area contributed by atoms with Gasteiger partial charge in [0.05, 0.1) is 6.54 Å². The van der Waals surface area contributed by atoms with Crippen LogP contribution in [-0.4, -0.2) is 43.2 Å². The lowest BCUT2D eigenvalue weighted by Crippen LogP contribution is -2.39. The van der Waals surface area contributed by atoms with E-state index in [9.17, 15) is 9.59 Å². The Morgan fingerprint density at radius 2 is 1.72 bits per heavy atom. The van der Waals surface area contributed by atoms with E-state index in [2.05, 4.69) is 40.0 Å². The topological polar surface area (TPSA) is 109 Å². The number of carbonyl (C=O) groups excluding carboxylic acids is 2. The van der Waals surface area contributed by atoms with Gasteiger partial charge in [0.25, 0.3) is 5.91 Å². The van der Waals surface area contributed by atoms with E-state index < -0.39 is 5.91 Å². The maximum atomic E-state index is 11.9. The molecule has 0 saturated heterocycles. The molecule has 0 aliphatic rings. The summed E-state index contributed by atoms with van der Waals surface area (Å²) < 4.78 is 0. The predicted molar refractivity (Wildman–Crippen MR) is 118 cm³/mol. The highest BCUT2D eigenvalue weighted by Crippen LogP contribution is 2.21. The van der Waals surface area contributed by atoms with E-state index in [0.29, 0.717) is 23.3 Å². The monoisotopic (exact) mass is 413 g/mol. The molecule has 5 N–H and O–H groups in total. The van der Waals surface area contributed by atoms with Crippen molar-refractivity contribution in [3.8, 4) is 0 Å². The van der Waals surface area contributed by atoms with E-state index in [1.807, 2.05) is 42.1 Å². The first-order chi connectivity index (χ1) is 14.0. The van der Waals surface area contributed by atoms with Crippen molar-refractivity contribution in [1.29, 1.82) is 0 Å². The summed E-state index contributed by atoms with van der Waals surface area (Å²) in [4.78, 5) is 28.1. The zero-order valence-electron chi connectivity index (χ0n) is 16.6. The Bertz CT molecular complexity index is 825. The Hall–Kier alpha value is -3.00. The van der Waals surface area contributed by atoms with Crippen LogP contribution in [0.15, 0.2) is 64.5 Å². The quantitative estimate of drug-likeness (QED) is 0.285. The largest absolute Gasteiger partial charge is 0.368 e. The molecule has 2 rings (SSSR count). The third kappa shape index (κ3) is 8.27. The first-order valence-electron chi connectivity index (χ1n) is 9.29. The number of benzene rings is 2. The second-order valence-electron chi connectivity index (χ2n) is 6.39. The minimum atomic E-state index is -0.575. The summed E-state index contributed by atoms with van der Waals surface area (Å²) in [5.41, 5.74) is 6.51. The van der Waals surface area contributed by atoms with Crippen molar-refractivity contribution in [2.24, 2.45) is 10.7 Å². The number of guanidine groups is 1. The number of nitrogens with zero attached hydrogens (tertiary/aromatic N) is 1. The molecule has 0 spiro atoms. The molecule has 0 aliphatic heterocycles. The van der Waals surface area contributed by atoms with E-state index in [4.69, 9.17) is 5.73 Å². The van der Waals surface area contributed by atoms with Crippen LogP contribution in [0.1, 0.15) is 22.8 Å². The van der Waals surface area contributed by atoms with Gasteiger partial charge < -0.3 is 21.7 Å². The number of nitrogens with one attached hydrogen (secondary N) is 3. The molecule has 1 unspecified atom stereocenters. The number of carbonyl (C=O) groups is 2. The number of aliphatic imine (C=N–C) groups is 1. The van der Waals surface area contributed by atoms with Gasteiger partial charge in [-0.25, -0.2) is 0 Å². The fourth-order valence-corrected chi connectivity index (χ4v) is 3.41. The van der Waals surface area contributed by atoms with Crippen LogP contribution in [0.2, 0.25) is 0 Å². The van der Waals surface area contributed by atoms with Crippen LogP contribution in [-0.2, 0) is 11.3 Å². The molecule has 0 heterocycles. The van der Waals surface area contributed by atoms with Gasteiger partial charge in [0.15, 0.2) is 5.96 Å². The maximum absolute atomic E-state index is 11.9. The smallest absolute Gasteiger partial charge is 0.251 e. The molecule has 2 aromatic carbocycles. The molecule has 2 aromatic rings. The highest BCUT2D eigenvalue weighted by Gasteiger charge is 2.08. The third-order valence-electron chi connectivity index (χ3n) is 3.96. The normalized spacial score (nSPS) is 12.1. The van der Waals surface area contributed by atoms with Crippen molar-refractivity contribution in [3.05, 3.63) is 65.7 Å². The Labute approximate surface area is 175 Å². The van der Waals surface area contributed by atoms with Crippen molar-refractivity contribution in [2.45, 2.75) is 23.6 Å². The van der Waals surface area contributed by atoms with Gasteiger partial charge in [-0.2, -0.15) is 0 Å². The second kappa shape index (κ2) is 11.8. The van der Waals surface area contributed by atoms with Crippen LogP contribution in [0, 0.1) is 0 Å². The summed E-state index contributed by atoms with van der Waals surface area (Å²) in [7, 11) is 1.73. The first-order valence-corrected chi connectivity index (χ1v) is 10.2. The van der Waals surface area contributed by atoms with E-state index >= 15 is 0 Å². The van der Waals surface area contributed by atoms with Gasteiger partial charge in [-0.3, -0.25) is 14.6 Å². The van der Waals surface area contributed by atoms with Gasteiger partial charge in [-0.1, -0.05) is 37.3 Å². The molecule has 0 radical (unpaired) electrons. The molecule has 0 aliphatic carbocycles. The molecule has 7 nitrogen and oxygen atoms in total. The van der Waals surface area contributed by atoms with Crippen LogP contribution in [0.3, 0.4) is 0 Å². The summed E-state index contributed by atoms with van der Waals surface area (Å²) in [5, 5.41) is 9.43. The zero-order valence-corrected chi connectivity index (χ0v) is 17.5. The fourth-order valence-electron chi connectivity index (χ4n) is 2.46. The van der Waals surface area contributed by atoms with Crippen LogP contribution in [0.5, 0.6) is 0 Å². The third-order valence-corrected chi connectivity index (χ3v) is 5.07. The van der Waals surface area contributed by atoms with Crippen LogP contribution in [0.4, 0.5) is 0 Å². The highest BCUT2D eigenvalue weighted by atomic mass is 32.2. The summed E-state index contributed by atoms with van der Waals surface area (Å²) >= 11 is 1.81. The second-order valence-corrected chi connectivity index (χ2v) is 7.91. The Kier molecular flexibility index (Phi) is 9.04. The Morgan fingerprint density at radius 3 is 2.34 bits per heavy atom. The van der Waals surface area contributed by atoms with E-state index in [0.717, 1.165) is 12.1 Å². The molecule has 1 atom stereocenters. The molecule has 29 heavy (non-hydrogen) atoms. The van der Waals surface area contributed by atoms with Crippen molar-refractivity contribution in [1.82, 2.24) is 16.0 Å². The summed E-state index contributed by atoms with van der Waals surface area (Å²) in [6.45, 7) is 3.34. The summed E-state index contributed by atoms with van der Waals surface area (Å²) in [6.07, 6.45) is 0.